The molecule has 194 valence electrons. The molecule has 9 nitrogen and oxygen atoms in total. The van der Waals surface area contributed by atoms with E-state index in [1.165, 1.54) is 6.42 Å². The number of hydrogen-bond donors (Lipinski definition) is 1. The first-order valence-electron chi connectivity index (χ1n) is 13.1. The van der Waals surface area contributed by atoms with Gasteiger partial charge in [0.15, 0.2) is 5.82 Å². The zero-order valence-corrected chi connectivity index (χ0v) is 22.1. The molecule has 4 rings (SSSR count). The van der Waals surface area contributed by atoms with Crippen molar-refractivity contribution in [1.82, 2.24) is 30.1 Å². The fourth-order valence-electron chi connectivity index (χ4n) is 5.59. The number of esters is 1. The van der Waals surface area contributed by atoms with Crippen LogP contribution in [0.2, 0.25) is 0 Å². The van der Waals surface area contributed by atoms with Gasteiger partial charge in [-0.15, -0.1) is 5.10 Å². The standard InChI is InChI=1S/C27H38N6O3/c1-6-36-24(34)16-33-26(29-30-31-33)25(17(2)3)32(21-10-8-7-9-11-21)15-20-14-22-19(5)12-18(4)13-23(22)28-27(20)35/h12-14,17,21,25H,6-11,15-16H2,1-5H3,(H,28,35)/t25-/m1/s1. The smallest absolute Gasteiger partial charge is 0.327 e. The minimum absolute atomic E-state index is 0.0347. The highest BCUT2D eigenvalue weighted by Crippen LogP contribution is 2.35. The number of benzene rings is 1. The summed E-state index contributed by atoms with van der Waals surface area (Å²) in [7, 11) is 0. The van der Waals surface area contributed by atoms with Crippen molar-refractivity contribution in [2.24, 2.45) is 5.92 Å². The van der Waals surface area contributed by atoms with E-state index in [0.29, 0.717) is 25.0 Å². The number of aromatic amines is 1. The molecule has 1 aliphatic rings. The molecule has 0 unspecified atom stereocenters. The van der Waals surface area contributed by atoms with Crippen molar-refractivity contribution in [3.63, 3.8) is 0 Å². The molecule has 0 bridgehead atoms. The van der Waals surface area contributed by atoms with E-state index in [1.807, 2.05) is 19.1 Å². The van der Waals surface area contributed by atoms with Crippen LogP contribution in [0.4, 0.5) is 0 Å². The number of aromatic nitrogens is 5. The number of fused-ring (bicyclic) bond motifs is 1. The lowest BCUT2D eigenvalue weighted by Gasteiger charge is -2.41. The monoisotopic (exact) mass is 494 g/mol. The zero-order chi connectivity index (χ0) is 25.8. The Labute approximate surface area is 212 Å². The highest BCUT2D eigenvalue weighted by molar-refractivity contribution is 5.83. The predicted molar refractivity (Wildman–Crippen MR) is 138 cm³/mol. The molecule has 0 saturated heterocycles. The number of carbonyl (C=O) groups is 1. The molecular weight excluding hydrogens is 456 g/mol. The number of aryl methyl sites for hydroxylation is 2. The first-order valence-corrected chi connectivity index (χ1v) is 13.1. The van der Waals surface area contributed by atoms with E-state index in [2.05, 4.69) is 52.2 Å². The first kappa shape index (κ1) is 26.0. The Balaban J connectivity index is 1.75. The molecule has 1 aromatic carbocycles. The number of H-pyrrole nitrogens is 1. The topological polar surface area (TPSA) is 106 Å². The maximum absolute atomic E-state index is 13.2. The van der Waals surface area contributed by atoms with E-state index < -0.39 is 0 Å². The summed E-state index contributed by atoms with van der Waals surface area (Å²) in [5.41, 5.74) is 3.80. The Morgan fingerprint density at radius 3 is 2.64 bits per heavy atom. The van der Waals surface area contributed by atoms with E-state index in [4.69, 9.17) is 4.74 Å². The van der Waals surface area contributed by atoms with Crippen LogP contribution < -0.4 is 5.56 Å². The summed E-state index contributed by atoms with van der Waals surface area (Å²) in [6, 6.07) is 6.34. The predicted octanol–water partition coefficient (Wildman–Crippen LogP) is 4.23. The Kier molecular flexibility index (Phi) is 8.18. The third-order valence-electron chi connectivity index (χ3n) is 7.18. The van der Waals surface area contributed by atoms with Gasteiger partial charge in [-0.25, -0.2) is 4.68 Å². The van der Waals surface area contributed by atoms with Crippen LogP contribution in [0.3, 0.4) is 0 Å². The molecule has 0 aliphatic heterocycles. The number of nitrogens with one attached hydrogen (secondary N) is 1. The Morgan fingerprint density at radius 1 is 1.19 bits per heavy atom. The second-order valence-corrected chi connectivity index (χ2v) is 10.3. The van der Waals surface area contributed by atoms with Crippen LogP contribution in [0.5, 0.6) is 0 Å². The highest BCUT2D eigenvalue weighted by Gasteiger charge is 2.35. The van der Waals surface area contributed by atoms with E-state index in [9.17, 15) is 9.59 Å². The molecule has 1 aliphatic carbocycles. The second kappa shape index (κ2) is 11.3. The van der Waals surface area contributed by atoms with Crippen LogP contribution in [-0.2, 0) is 22.6 Å². The van der Waals surface area contributed by atoms with Gasteiger partial charge in [-0.3, -0.25) is 14.5 Å². The van der Waals surface area contributed by atoms with Gasteiger partial charge in [0.25, 0.3) is 5.56 Å². The lowest BCUT2D eigenvalue weighted by Crippen LogP contribution is -2.43. The van der Waals surface area contributed by atoms with Gasteiger partial charge in [-0.05, 0) is 73.2 Å². The third-order valence-corrected chi connectivity index (χ3v) is 7.18. The molecule has 0 amide bonds. The fourth-order valence-corrected chi connectivity index (χ4v) is 5.59. The summed E-state index contributed by atoms with van der Waals surface area (Å²) in [6.07, 6.45) is 5.67. The molecule has 1 fully saturated rings. The van der Waals surface area contributed by atoms with E-state index in [0.717, 1.165) is 53.3 Å². The van der Waals surface area contributed by atoms with Crippen molar-refractivity contribution < 1.29 is 9.53 Å². The molecule has 1 N–H and O–H groups in total. The van der Waals surface area contributed by atoms with Gasteiger partial charge in [0.2, 0.25) is 0 Å². The maximum atomic E-state index is 13.2. The van der Waals surface area contributed by atoms with Gasteiger partial charge >= 0.3 is 5.97 Å². The number of hydrogen-bond acceptors (Lipinski definition) is 7. The van der Waals surface area contributed by atoms with Crippen molar-refractivity contribution in [2.45, 2.75) is 91.9 Å². The summed E-state index contributed by atoms with van der Waals surface area (Å²) < 4.78 is 6.70. The normalized spacial score (nSPS) is 15.6. The van der Waals surface area contributed by atoms with Crippen molar-refractivity contribution in [2.75, 3.05) is 6.61 Å². The lowest BCUT2D eigenvalue weighted by atomic mass is 9.90. The van der Waals surface area contributed by atoms with Gasteiger partial charge in [0.05, 0.1) is 12.6 Å². The summed E-state index contributed by atoms with van der Waals surface area (Å²) in [4.78, 5) is 31.0. The molecule has 0 radical (unpaired) electrons. The van der Waals surface area contributed by atoms with Crippen LogP contribution >= 0.6 is 0 Å². The van der Waals surface area contributed by atoms with Crippen LogP contribution in [-0.4, -0.2) is 48.7 Å². The summed E-state index contributed by atoms with van der Waals surface area (Å²) >= 11 is 0. The van der Waals surface area contributed by atoms with Crippen LogP contribution in [0.25, 0.3) is 10.9 Å². The molecule has 9 heteroatoms. The summed E-state index contributed by atoms with van der Waals surface area (Å²) in [6.45, 7) is 10.9. The number of pyridine rings is 1. The van der Waals surface area contributed by atoms with Crippen molar-refractivity contribution >= 4 is 16.9 Å². The average Bonchev–Trinajstić information content (AvgIpc) is 3.27. The first-order chi connectivity index (χ1) is 17.3. The molecule has 2 heterocycles. The molecule has 2 aromatic heterocycles. The number of nitrogens with zero attached hydrogens (tertiary/aromatic N) is 5. The Hall–Kier alpha value is -3.07. The van der Waals surface area contributed by atoms with E-state index >= 15 is 0 Å². The largest absolute Gasteiger partial charge is 0.465 e. The molecule has 0 spiro atoms. The van der Waals surface area contributed by atoms with Crippen molar-refractivity contribution in [3.05, 3.63) is 51.1 Å². The van der Waals surface area contributed by atoms with Gasteiger partial charge in [-0.2, -0.15) is 0 Å². The number of ether oxygens (including phenoxy) is 1. The zero-order valence-electron chi connectivity index (χ0n) is 22.1. The molecule has 36 heavy (non-hydrogen) atoms. The van der Waals surface area contributed by atoms with Crippen LogP contribution in [0.1, 0.15) is 81.4 Å². The maximum Gasteiger partial charge on any atom is 0.327 e. The molecule has 1 saturated carbocycles. The molecule has 3 aromatic rings. The Morgan fingerprint density at radius 2 is 1.94 bits per heavy atom. The van der Waals surface area contributed by atoms with Gasteiger partial charge < -0.3 is 9.72 Å². The van der Waals surface area contributed by atoms with Crippen LogP contribution in [0, 0.1) is 19.8 Å². The number of tetrazole rings is 1. The fraction of sp³-hybridized carbons (Fsp3) is 0.593. The average molecular weight is 495 g/mol. The summed E-state index contributed by atoms with van der Waals surface area (Å²) in [5.74, 6) is 0.421. The van der Waals surface area contributed by atoms with Gasteiger partial charge in [-0.1, -0.05) is 39.2 Å². The quantitative estimate of drug-likeness (QED) is 0.444. The lowest BCUT2D eigenvalue weighted by molar-refractivity contribution is -0.144. The van der Waals surface area contributed by atoms with Gasteiger partial charge in [0, 0.05) is 29.1 Å². The number of carbonyl (C=O) groups excluding carboxylic acids is 1. The van der Waals surface area contributed by atoms with Gasteiger partial charge in [0.1, 0.15) is 6.54 Å². The number of rotatable bonds is 9. The van der Waals surface area contributed by atoms with E-state index in [1.54, 1.807) is 11.6 Å². The SMILES string of the molecule is CCOC(=O)Cn1nnnc1[C@@H](C(C)C)N(Cc1cc2c(C)cc(C)cc2[nH]c1=O)C1CCCCC1. The summed E-state index contributed by atoms with van der Waals surface area (Å²) in [5, 5.41) is 13.5. The minimum Gasteiger partial charge on any atom is -0.465 e. The minimum atomic E-state index is -0.366. The van der Waals surface area contributed by atoms with E-state index in [-0.39, 0.29) is 30.0 Å². The van der Waals surface area contributed by atoms with Crippen molar-refractivity contribution in [3.8, 4) is 0 Å². The van der Waals surface area contributed by atoms with Crippen LogP contribution in [0.15, 0.2) is 23.0 Å². The molecular formula is C27H38N6O3. The Bertz CT molecular complexity index is 1260. The highest BCUT2D eigenvalue weighted by atomic mass is 16.5. The third kappa shape index (κ3) is 5.67. The second-order valence-electron chi connectivity index (χ2n) is 10.3. The molecule has 1 atom stereocenters. The van der Waals surface area contributed by atoms with Crippen molar-refractivity contribution in [1.29, 1.82) is 0 Å².